The fraction of sp³-hybridized carbons (Fsp3) is 0.300. The van der Waals surface area contributed by atoms with Gasteiger partial charge in [0.25, 0.3) is 10.0 Å². The van der Waals surface area contributed by atoms with E-state index >= 15 is 0 Å². The zero-order valence-electron chi connectivity index (χ0n) is 9.54. The second-order valence-corrected chi connectivity index (χ2v) is 5.55. The fourth-order valence-corrected chi connectivity index (χ4v) is 2.00. The molecule has 0 amide bonds. The molecule has 6 nitrogen and oxygen atoms in total. The third-order valence-electron chi connectivity index (χ3n) is 2.19. The first-order chi connectivity index (χ1) is 7.86. The van der Waals surface area contributed by atoms with Crippen LogP contribution in [-0.2, 0) is 16.6 Å². The molecule has 0 aliphatic heterocycles. The molecule has 0 aliphatic carbocycles. The molecule has 2 aromatic rings. The Morgan fingerprint density at radius 2 is 2.12 bits per heavy atom. The summed E-state index contributed by atoms with van der Waals surface area (Å²) in [7, 11) is 0.0354. The molecule has 92 valence electrons. The molecule has 0 saturated heterocycles. The molecule has 2 heterocycles. The van der Waals surface area contributed by atoms with Gasteiger partial charge in [-0.15, -0.1) is 0 Å². The highest BCUT2D eigenvalue weighted by atomic mass is 32.2. The van der Waals surface area contributed by atoms with Gasteiger partial charge in [0.2, 0.25) is 5.09 Å². The number of furan rings is 1. The third-order valence-corrected chi connectivity index (χ3v) is 2.96. The lowest BCUT2D eigenvalue weighted by Gasteiger charge is -2.07. The van der Waals surface area contributed by atoms with Gasteiger partial charge in [0, 0.05) is 30.3 Å². The molecule has 17 heavy (non-hydrogen) atoms. The maximum atomic E-state index is 11.1. The number of aromatic nitrogens is 1. The molecule has 0 fully saturated rings. The van der Waals surface area contributed by atoms with E-state index in [-0.39, 0.29) is 5.09 Å². The maximum Gasteiger partial charge on any atom is 0.271 e. The van der Waals surface area contributed by atoms with Crippen molar-refractivity contribution in [3.63, 3.8) is 0 Å². The molecule has 0 aliphatic rings. The number of sulfonamides is 1. The highest BCUT2D eigenvalue weighted by Gasteiger charge is 2.14. The first kappa shape index (κ1) is 12.0. The van der Waals surface area contributed by atoms with E-state index in [0.29, 0.717) is 17.5 Å². The molecule has 0 saturated carbocycles. The van der Waals surface area contributed by atoms with Crippen LogP contribution in [0.1, 0.15) is 5.69 Å². The van der Waals surface area contributed by atoms with E-state index in [1.54, 1.807) is 12.3 Å². The van der Waals surface area contributed by atoms with Crippen LogP contribution in [0.15, 0.2) is 27.8 Å². The van der Waals surface area contributed by atoms with E-state index in [0.717, 1.165) is 5.69 Å². The van der Waals surface area contributed by atoms with Crippen LogP contribution in [0.2, 0.25) is 0 Å². The molecule has 0 aromatic carbocycles. The third kappa shape index (κ3) is 2.63. The molecule has 2 aromatic heterocycles. The summed E-state index contributed by atoms with van der Waals surface area (Å²) in [6.45, 7) is 0.654. The van der Waals surface area contributed by atoms with Crippen molar-refractivity contribution >= 4 is 21.0 Å². The van der Waals surface area contributed by atoms with Crippen LogP contribution in [0.3, 0.4) is 0 Å². The first-order valence-corrected chi connectivity index (χ1v) is 6.47. The summed E-state index contributed by atoms with van der Waals surface area (Å²) in [5, 5.41) is 5.37. The second kappa shape index (κ2) is 4.10. The predicted molar refractivity (Wildman–Crippen MR) is 62.8 cm³/mol. The monoisotopic (exact) mass is 255 g/mol. The molecule has 2 N–H and O–H groups in total. The number of rotatable bonds is 3. The molecule has 0 radical (unpaired) electrons. The van der Waals surface area contributed by atoms with Gasteiger partial charge in [-0.2, -0.15) is 0 Å². The van der Waals surface area contributed by atoms with Crippen LogP contribution in [0.4, 0.5) is 0 Å². The summed E-state index contributed by atoms with van der Waals surface area (Å²) in [6, 6.07) is 3.08. The minimum atomic E-state index is -3.81. The minimum absolute atomic E-state index is 0.240. The Labute approximate surface area is 99.1 Å². The highest BCUT2D eigenvalue weighted by Crippen LogP contribution is 2.22. The second-order valence-electron chi connectivity index (χ2n) is 4.06. The minimum Gasteiger partial charge on any atom is -0.443 e. The van der Waals surface area contributed by atoms with Crippen molar-refractivity contribution in [2.45, 2.75) is 11.6 Å². The smallest absolute Gasteiger partial charge is 0.271 e. The van der Waals surface area contributed by atoms with Crippen LogP contribution in [-0.4, -0.2) is 32.4 Å². The van der Waals surface area contributed by atoms with Gasteiger partial charge in [-0.1, -0.05) is 0 Å². The molecule has 7 heteroatoms. The van der Waals surface area contributed by atoms with Gasteiger partial charge in [0.05, 0.1) is 5.69 Å². The van der Waals surface area contributed by atoms with E-state index < -0.39 is 10.0 Å². The summed E-state index contributed by atoms with van der Waals surface area (Å²) in [4.78, 5) is 6.16. The van der Waals surface area contributed by atoms with E-state index in [1.165, 1.54) is 6.07 Å². The van der Waals surface area contributed by atoms with Gasteiger partial charge >= 0.3 is 0 Å². The molecule has 0 bridgehead atoms. The van der Waals surface area contributed by atoms with Gasteiger partial charge in [-0.05, 0) is 14.1 Å². The van der Waals surface area contributed by atoms with Crippen molar-refractivity contribution in [1.29, 1.82) is 0 Å². The molecule has 0 spiro atoms. The normalized spacial score (nSPS) is 12.5. The molecular formula is C10H13N3O3S. The lowest BCUT2D eigenvalue weighted by molar-refractivity contribution is 0.396. The standard InChI is InChI=1S/C10H13N3O3S/c1-13(2)6-8-4-9-7(5-12-8)3-10(16-9)17(11,14)15/h3-5H,6H2,1-2H3,(H2,11,14,15). The Morgan fingerprint density at radius 3 is 2.71 bits per heavy atom. The fourth-order valence-electron chi connectivity index (χ4n) is 1.50. The van der Waals surface area contributed by atoms with Crippen molar-refractivity contribution in [2.75, 3.05) is 14.1 Å². The van der Waals surface area contributed by atoms with Gasteiger partial charge in [0.1, 0.15) is 5.58 Å². The van der Waals surface area contributed by atoms with E-state index in [9.17, 15) is 8.42 Å². The number of nitrogens with two attached hydrogens (primary N) is 1. The number of pyridine rings is 1. The lowest BCUT2D eigenvalue weighted by Crippen LogP contribution is -2.11. The molecule has 2 rings (SSSR count). The van der Waals surface area contributed by atoms with Gasteiger partial charge in [0.15, 0.2) is 0 Å². The molecular weight excluding hydrogens is 242 g/mol. The van der Waals surface area contributed by atoms with Gasteiger partial charge in [-0.25, -0.2) is 13.6 Å². The Kier molecular flexibility index (Phi) is 2.90. The van der Waals surface area contributed by atoms with Crippen LogP contribution in [0.25, 0.3) is 11.0 Å². The quantitative estimate of drug-likeness (QED) is 0.864. The summed E-state index contributed by atoms with van der Waals surface area (Å²) < 4.78 is 27.4. The Balaban J connectivity index is 2.48. The van der Waals surface area contributed by atoms with E-state index in [2.05, 4.69) is 4.98 Å². The van der Waals surface area contributed by atoms with Crippen LogP contribution in [0.5, 0.6) is 0 Å². The van der Waals surface area contributed by atoms with Crippen molar-refractivity contribution in [2.24, 2.45) is 5.14 Å². The number of nitrogens with zero attached hydrogens (tertiary/aromatic N) is 2. The predicted octanol–water partition coefficient (Wildman–Crippen LogP) is 0.537. The van der Waals surface area contributed by atoms with Crippen LogP contribution < -0.4 is 5.14 Å². The van der Waals surface area contributed by atoms with E-state index in [1.807, 2.05) is 19.0 Å². The molecule has 0 atom stereocenters. The largest absolute Gasteiger partial charge is 0.443 e. The summed E-state index contributed by atoms with van der Waals surface area (Å²) >= 11 is 0. The number of hydrogen-bond donors (Lipinski definition) is 1. The van der Waals surface area contributed by atoms with Crippen molar-refractivity contribution in [1.82, 2.24) is 9.88 Å². The highest BCUT2D eigenvalue weighted by molar-refractivity contribution is 7.89. The first-order valence-electron chi connectivity index (χ1n) is 4.92. The Bertz CT molecular complexity index is 646. The zero-order chi connectivity index (χ0) is 12.6. The van der Waals surface area contributed by atoms with Gasteiger partial charge < -0.3 is 9.32 Å². The van der Waals surface area contributed by atoms with Crippen LogP contribution >= 0.6 is 0 Å². The van der Waals surface area contributed by atoms with Gasteiger partial charge in [-0.3, -0.25) is 4.98 Å². The van der Waals surface area contributed by atoms with Crippen molar-refractivity contribution in [3.8, 4) is 0 Å². The van der Waals surface area contributed by atoms with Crippen LogP contribution in [0, 0.1) is 0 Å². The summed E-state index contributed by atoms with van der Waals surface area (Å²) in [6.07, 6.45) is 1.58. The number of primary sulfonamides is 1. The lowest BCUT2D eigenvalue weighted by atomic mass is 10.3. The average molecular weight is 255 g/mol. The zero-order valence-corrected chi connectivity index (χ0v) is 10.4. The number of fused-ring (bicyclic) bond motifs is 1. The summed E-state index contributed by atoms with van der Waals surface area (Å²) in [5.41, 5.74) is 1.28. The maximum absolute atomic E-state index is 11.1. The SMILES string of the molecule is CN(C)Cc1cc2oc(S(N)(=O)=O)cc2cn1. The Hall–Kier alpha value is -1.44. The van der Waals surface area contributed by atoms with Crippen molar-refractivity contribution < 1.29 is 12.8 Å². The Morgan fingerprint density at radius 1 is 1.41 bits per heavy atom. The summed E-state index contributed by atoms with van der Waals surface area (Å²) in [5.74, 6) is 0. The topological polar surface area (TPSA) is 89.4 Å². The average Bonchev–Trinajstić information content (AvgIpc) is 2.58. The van der Waals surface area contributed by atoms with E-state index in [4.69, 9.17) is 9.56 Å². The number of hydrogen-bond acceptors (Lipinski definition) is 5. The van der Waals surface area contributed by atoms with Crippen molar-refractivity contribution in [3.05, 3.63) is 24.0 Å². The molecule has 0 unspecified atom stereocenters.